The van der Waals surface area contributed by atoms with Crippen molar-refractivity contribution in [3.8, 4) is 0 Å². The molecule has 0 amide bonds. The van der Waals surface area contributed by atoms with Crippen LogP contribution in [0.3, 0.4) is 0 Å². The maximum Gasteiger partial charge on any atom is 0.268 e. The minimum atomic E-state index is -0.0733. The Bertz CT molecular complexity index is 1030. The topological polar surface area (TPSA) is 74.4 Å². The van der Waals surface area contributed by atoms with Crippen LogP contribution in [-0.2, 0) is 5.75 Å². The van der Waals surface area contributed by atoms with E-state index >= 15 is 0 Å². The lowest BCUT2D eigenvalue weighted by Gasteiger charge is -1.98. The van der Waals surface area contributed by atoms with Crippen LogP contribution in [0.4, 0.5) is 0 Å². The van der Waals surface area contributed by atoms with E-state index in [0.717, 1.165) is 21.7 Å². The highest BCUT2D eigenvalue weighted by Crippen LogP contribution is 2.23. The SMILES string of the molecule is Cc1ccc2nc(SCc3nc4ccsc4c(=O)[nH]3)[nH]c2c1. The van der Waals surface area contributed by atoms with Gasteiger partial charge in [0.1, 0.15) is 10.5 Å². The number of benzene rings is 1. The number of rotatable bonds is 3. The first-order valence-electron chi connectivity index (χ1n) is 6.74. The summed E-state index contributed by atoms with van der Waals surface area (Å²) in [5.74, 6) is 1.23. The first-order valence-corrected chi connectivity index (χ1v) is 8.61. The van der Waals surface area contributed by atoms with Crippen molar-refractivity contribution in [1.29, 1.82) is 0 Å². The van der Waals surface area contributed by atoms with E-state index in [1.807, 2.05) is 23.6 Å². The van der Waals surface area contributed by atoms with Crippen molar-refractivity contribution >= 4 is 44.3 Å². The first-order chi connectivity index (χ1) is 10.7. The molecule has 3 heterocycles. The van der Waals surface area contributed by atoms with Gasteiger partial charge in [-0.3, -0.25) is 4.79 Å². The molecule has 0 fully saturated rings. The zero-order valence-corrected chi connectivity index (χ0v) is 13.3. The van der Waals surface area contributed by atoms with Crippen molar-refractivity contribution in [2.75, 3.05) is 0 Å². The van der Waals surface area contributed by atoms with Gasteiger partial charge in [0.2, 0.25) is 0 Å². The summed E-state index contributed by atoms with van der Waals surface area (Å²) in [7, 11) is 0. The van der Waals surface area contributed by atoms with E-state index in [4.69, 9.17) is 0 Å². The number of hydrogen-bond acceptors (Lipinski definition) is 5. The molecule has 0 saturated carbocycles. The number of nitrogens with one attached hydrogen (secondary N) is 2. The molecule has 0 atom stereocenters. The van der Waals surface area contributed by atoms with E-state index in [0.29, 0.717) is 16.3 Å². The third-order valence-electron chi connectivity index (χ3n) is 3.33. The predicted octanol–water partition coefficient (Wildman–Crippen LogP) is 3.46. The highest BCUT2D eigenvalue weighted by Gasteiger charge is 2.08. The standard InChI is InChI=1S/C15H12N4OS2/c1-8-2-3-9-11(6-8)18-15(17-9)22-7-12-16-10-4-5-21-13(10)14(20)19-12/h2-6H,7H2,1H3,(H,17,18)(H,16,19,20). The number of thiophene rings is 1. The number of aromatic amines is 2. The van der Waals surface area contributed by atoms with Gasteiger partial charge in [-0.25, -0.2) is 9.97 Å². The number of imidazole rings is 1. The minimum absolute atomic E-state index is 0.0733. The molecule has 0 radical (unpaired) electrons. The zero-order chi connectivity index (χ0) is 15.1. The van der Waals surface area contributed by atoms with Gasteiger partial charge in [0.05, 0.1) is 22.3 Å². The Hall–Kier alpha value is -2.12. The summed E-state index contributed by atoms with van der Waals surface area (Å²) in [5.41, 5.74) is 3.85. The maximum absolute atomic E-state index is 11.9. The predicted molar refractivity (Wildman–Crippen MR) is 90.6 cm³/mol. The molecule has 0 spiro atoms. The third-order valence-corrected chi connectivity index (χ3v) is 5.11. The highest BCUT2D eigenvalue weighted by molar-refractivity contribution is 7.98. The molecule has 7 heteroatoms. The van der Waals surface area contributed by atoms with E-state index in [1.165, 1.54) is 28.7 Å². The lowest BCUT2D eigenvalue weighted by atomic mass is 10.2. The number of thioether (sulfide) groups is 1. The molecule has 1 aromatic carbocycles. The fraction of sp³-hybridized carbons (Fsp3) is 0.133. The molecule has 4 aromatic rings. The summed E-state index contributed by atoms with van der Waals surface area (Å²) in [6.07, 6.45) is 0. The Balaban J connectivity index is 1.60. The van der Waals surface area contributed by atoms with Gasteiger partial charge in [-0.05, 0) is 36.1 Å². The molecule has 22 heavy (non-hydrogen) atoms. The van der Waals surface area contributed by atoms with Gasteiger partial charge < -0.3 is 9.97 Å². The molecule has 0 aliphatic carbocycles. The molecule has 0 unspecified atom stereocenters. The van der Waals surface area contributed by atoms with Crippen molar-refractivity contribution in [2.45, 2.75) is 17.8 Å². The molecule has 110 valence electrons. The molecule has 0 saturated heterocycles. The van der Waals surface area contributed by atoms with Crippen LogP contribution in [0.2, 0.25) is 0 Å². The van der Waals surface area contributed by atoms with Crippen LogP contribution in [0.15, 0.2) is 39.6 Å². The molecule has 5 nitrogen and oxygen atoms in total. The largest absolute Gasteiger partial charge is 0.333 e. The van der Waals surface area contributed by atoms with Crippen LogP contribution in [0.5, 0.6) is 0 Å². The fourth-order valence-electron chi connectivity index (χ4n) is 2.30. The molecule has 4 rings (SSSR count). The second-order valence-electron chi connectivity index (χ2n) is 5.00. The summed E-state index contributed by atoms with van der Waals surface area (Å²) >= 11 is 2.94. The van der Waals surface area contributed by atoms with E-state index in [1.54, 1.807) is 0 Å². The van der Waals surface area contributed by atoms with Crippen LogP contribution >= 0.6 is 23.1 Å². The summed E-state index contributed by atoms with van der Waals surface area (Å²) in [6.45, 7) is 2.05. The normalized spacial score (nSPS) is 11.5. The second-order valence-corrected chi connectivity index (χ2v) is 6.88. The van der Waals surface area contributed by atoms with Crippen molar-refractivity contribution in [3.63, 3.8) is 0 Å². The summed E-state index contributed by atoms with van der Waals surface area (Å²) in [6, 6.07) is 7.99. The Morgan fingerprint density at radius 3 is 3.00 bits per heavy atom. The Morgan fingerprint density at radius 1 is 1.18 bits per heavy atom. The minimum Gasteiger partial charge on any atom is -0.333 e. The smallest absolute Gasteiger partial charge is 0.268 e. The lowest BCUT2D eigenvalue weighted by molar-refractivity contribution is 1.03. The Morgan fingerprint density at radius 2 is 2.09 bits per heavy atom. The van der Waals surface area contributed by atoms with Crippen molar-refractivity contribution in [2.24, 2.45) is 0 Å². The van der Waals surface area contributed by atoms with Gasteiger partial charge in [-0.2, -0.15) is 0 Å². The van der Waals surface area contributed by atoms with Crippen molar-refractivity contribution in [3.05, 3.63) is 51.4 Å². The quantitative estimate of drug-likeness (QED) is 0.565. The van der Waals surface area contributed by atoms with Gasteiger partial charge in [-0.1, -0.05) is 17.8 Å². The van der Waals surface area contributed by atoms with Crippen LogP contribution in [0, 0.1) is 6.92 Å². The fourth-order valence-corrected chi connectivity index (χ4v) is 3.78. The summed E-state index contributed by atoms with van der Waals surface area (Å²) < 4.78 is 0.674. The van der Waals surface area contributed by atoms with Gasteiger partial charge in [0.25, 0.3) is 5.56 Å². The van der Waals surface area contributed by atoms with Gasteiger partial charge in [0, 0.05) is 0 Å². The number of aromatic nitrogens is 4. The van der Waals surface area contributed by atoms with E-state index < -0.39 is 0 Å². The summed E-state index contributed by atoms with van der Waals surface area (Å²) in [5, 5.41) is 2.71. The molecule has 0 aliphatic heterocycles. The van der Waals surface area contributed by atoms with Crippen LogP contribution in [0.1, 0.15) is 11.4 Å². The molecular weight excluding hydrogens is 316 g/mol. The molecule has 0 aliphatic rings. The van der Waals surface area contributed by atoms with E-state index in [9.17, 15) is 4.79 Å². The highest BCUT2D eigenvalue weighted by atomic mass is 32.2. The molecule has 0 bridgehead atoms. The number of fused-ring (bicyclic) bond motifs is 2. The van der Waals surface area contributed by atoms with Gasteiger partial charge in [0.15, 0.2) is 5.16 Å². The number of aryl methyl sites for hydroxylation is 1. The molecular formula is C15H12N4OS2. The van der Waals surface area contributed by atoms with E-state index in [2.05, 4.69) is 32.9 Å². The van der Waals surface area contributed by atoms with E-state index in [-0.39, 0.29) is 5.56 Å². The molecule has 3 aromatic heterocycles. The van der Waals surface area contributed by atoms with Crippen LogP contribution < -0.4 is 5.56 Å². The van der Waals surface area contributed by atoms with Crippen LogP contribution in [-0.4, -0.2) is 19.9 Å². The van der Waals surface area contributed by atoms with Gasteiger partial charge >= 0.3 is 0 Å². The molecule has 2 N–H and O–H groups in total. The third kappa shape index (κ3) is 2.42. The summed E-state index contributed by atoms with van der Waals surface area (Å²) in [4.78, 5) is 27.1. The lowest BCUT2D eigenvalue weighted by Crippen LogP contribution is -2.09. The average Bonchev–Trinajstić information content (AvgIpc) is 3.10. The average molecular weight is 328 g/mol. The first kappa shape index (κ1) is 13.5. The zero-order valence-electron chi connectivity index (χ0n) is 11.7. The monoisotopic (exact) mass is 328 g/mol. The van der Waals surface area contributed by atoms with Crippen molar-refractivity contribution in [1.82, 2.24) is 19.9 Å². The Kier molecular flexibility index (Phi) is 3.24. The number of H-pyrrole nitrogens is 2. The number of nitrogens with zero attached hydrogens (tertiary/aromatic N) is 2. The maximum atomic E-state index is 11.9. The second kappa shape index (κ2) is 5.26. The number of hydrogen-bond donors (Lipinski definition) is 2. The Labute approximate surface area is 133 Å². The van der Waals surface area contributed by atoms with Gasteiger partial charge in [-0.15, -0.1) is 11.3 Å². The van der Waals surface area contributed by atoms with Crippen LogP contribution in [0.25, 0.3) is 21.3 Å². The van der Waals surface area contributed by atoms with Crippen molar-refractivity contribution < 1.29 is 0 Å².